The predicted molar refractivity (Wildman–Crippen MR) is 100 cm³/mol. The van der Waals surface area contributed by atoms with Crippen LogP contribution in [0.1, 0.15) is 25.0 Å². The highest BCUT2D eigenvalue weighted by atomic mass is 16.6. The summed E-state index contributed by atoms with van der Waals surface area (Å²) in [5, 5.41) is 11.6. The number of hydrogen-bond donors (Lipinski definition) is 0. The Labute approximate surface area is 156 Å². The maximum absolute atomic E-state index is 11.6. The first kappa shape index (κ1) is 18.3. The SMILES string of the molecule is CCc1ccc(Oc2ncnc(Oc3ccc(CC)cc3)c2[N+](=O)[O-])cc1. The number of benzene rings is 2. The van der Waals surface area contributed by atoms with Gasteiger partial charge in [-0.2, -0.15) is 9.97 Å². The average Bonchev–Trinajstić information content (AvgIpc) is 2.69. The number of aromatic nitrogens is 2. The molecule has 7 nitrogen and oxygen atoms in total. The van der Waals surface area contributed by atoms with Crippen LogP contribution in [-0.4, -0.2) is 14.9 Å². The van der Waals surface area contributed by atoms with Crippen LogP contribution >= 0.6 is 0 Å². The first-order valence-electron chi connectivity index (χ1n) is 8.63. The predicted octanol–water partition coefficient (Wildman–Crippen LogP) is 5.09. The van der Waals surface area contributed by atoms with E-state index in [2.05, 4.69) is 9.97 Å². The summed E-state index contributed by atoms with van der Waals surface area (Å²) in [5.41, 5.74) is 1.86. The fraction of sp³-hybridized carbons (Fsp3) is 0.200. The van der Waals surface area contributed by atoms with Gasteiger partial charge in [0.1, 0.15) is 17.8 Å². The molecule has 0 aliphatic carbocycles. The Hall–Kier alpha value is -3.48. The Morgan fingerprint density at radius 1 is 0.815 bits per heavy atom. The van der Waals surface area contributed by atoms with Gasteiger partial charge in [-0.05, 0) is 48.2 Å². The number of hydrogen-bond acceptors (Lipinski definition) is 6. The number of ether oxygens (including phenoxy) is 2. The summed E-state index contributed by atoms with van der Waals surface area (Å²) in [6.45, 7) is 4.09. The van der Waals surface area contributed by atoms with Crippen molar-refractivity contribution in [2.45, 2.75) is 26.7 Å². The highest BCUT2D eigenvalue weighted by molar-refractivity contribution is 5.52. The summed E-state index contributed by atoms with van der Waals surface area (Å²) < 4.78 is 11.2. The van der Waals surface area contributed by atoms with E-state index in [4.69, 9.17) is 9.47 Å². The first-order valence-corrected chi connectivity index (χ1v) is 8.63. The number of nitro groups is 1. The highest BCUT2D eigenvalue weighted by Crippen LogP contribution is 2.37. The van der Waals surface area contributed by atoms with Gasteiger partial charge in [0.05, 0.1) is 4.92 Å². The zero-order valence-electron chi connectivity index (χ0n) is 15.1. The van der Waals surface area contributed by atoms with Gasteiger partial charge < -0.3 is 9.47 Å². The normalized spacial score (nSPS) is 10.4. The Kier molecular flexibility index (Phi) is 5.61. The van der Waals surface area contributed by atoms with Crippen molar-refractivity contribution in [1.29, 1.82) is 0 Å². The number of aryl methyl sites for hydroxylation is 2. The third kappa shape index (κ3) is 4.38. The van der Waals surface area contributed by atoms with Crippen molar-refractivity contribution >= 4 is 5.69 Å². The second kappa shape index (κ2) is 8.27. The van der Waals surface area contributed by atoms with Crippen molar-refractivity contribution in [3.8, 4) is 23.3 Å². The molecule has 0 aliphatic heterocycles. The zero-order chi connectivity index (χ0) is 19.2. The molecule has 27 heavy (non-hydrogen) atoms. The van der Waals surface area contributed by atoms with Gasteiger partial charge in [-0.3, -0.25) is 10.1 Å². The van der Waals surface area contributed by atoms with Crippen molar-refractivity contribution in [1.82, 2.24) is 9.97 Å². The second-order valence-corrected chi connectivity index (χ2v) is 5.79. The molecule has 0 bridgehead atoms. The molecule has 2 aromatic carbocycles. The van der Waals surface area contributed by atoms with Gasteiger partial charge in [0.15, 0.2) is 0 Å². The van der Waals surface area contributed by atoms with Crippen molar-refractivity contribution in [2.24, 2.45) is 0 Å². The molecule has 0 spiro atoms. The average molecular weight is 365 g/mol. The fourth-order valence-electron chi connectivity index (χ4n) is 2.46. The summed E-state index contributed by atoms with van der Waals surface area (Å²) in [6, 6.07) is 14.6. The van der Waals surface area contributed by atoms with E-state index in [-0.39, 0.29) is 11.8 Å². The smallest absolute Gasteiger partial charge is 0.393 e. The van der Waals surface area contributed by atoms with Crippen LogP contribution in [-0.2, 0) is 12.8 Å². The number of rotatable bonds is 7. The van der Waals surface area contributed by atoms with E-state index in [9.17, 15) is 10.1 Å². The Morgan fingerprint density at radius 2 is 1.22 bits per heavy atom. The van der Waals surface area contributed by atoms with Crippen LogP contribution in [0.5, 0.6) is 23.3 Å². The molecule has 0 saturated carbocycles. The largest absolute Gasteiger partial charge is 0.433 e. The van der Waals surface area contributed by atoms with Crippen LogP contribution < -0.4 is 9.47 Å². The third-order valence-electron chi connectivity index (χ3n) is 4.03. The van der Waals surface area contributed by atoms with E-state index in [0.29, 0.717) is 11.5 Å². The molecule has 0 aliphatic rings. The lowest BCUT2D eigenvalue weighted by Gasteiger charge is -2.09. The van der Waals surface area contributed by atoms with Gasteiger partial charge in [0.25, 0.3) is 0 Å². The van der Waals surface area contributed by atoms with E-state index < -0.39 is 10.6 Å². The van der Waals surface area contributed by atoms with Gasteiger partial charge in [0, 0.05) is 0 Å². The Balaban J connectivity index is 1.90. The molecule has 0 amide bonds. The first-order chi connectivity index (χ1) is 13.1. The molecular formula is C20H19N3O4. The molecular weight excluding hydrogens is 346 g/mol. The number of nitrogens with zero attached hydrogens (tertiary/aromatic N) is 3. The molecule has 0 fully saturated rings. The van der Waals surface area contributed by atoms with Crippen LogP contribution in [0.25, 0.3) is 0 Å². The lowest BCUT2D eigenvalue weighted by molar-refractivity contribution is -0.387. The third-order valence-corrected chi connectivity index (χ3v) is 4.03. The molecule has 0 atom stereocenters. The topological polar surface area (TPSA) is 87.4 Å². The van der Waals surface area contributed by atoms with Crippen molar-refractivity contribution in [2.75, 3.05) is 0 Å². The second-order valence-electron chi connectivity index (χ2n) is 5.79. The zero-order valence-corrected chi connectivity index (χ0v) is 15.1. The van der Waals surface area contributed by atoms with Crippen LogP contribution in [0.15, 0.2) is 54.9 Å². The minimum absolute atomic E-state index is 0.167. The lowest BCUT2D eigenvalue weighted by atomic mass is 10.2. The molecule has 3 aromatic rings. The van der Waals surface area contributed by atoms with Crippen molar-refractivity contribution in [3.63, 3.8) is 0 Å². The van der Waals surface area contributed by atoms with E-state index in [0.717, 1.165) is 24.0 Å². The van der Waals surface area contributed by atoms with Gasteiger partial charge in [-0.15, -0.1) is 0 Å². The molecule has 138 valence electrons. The lowest BCUT2D eigenvalue weighted by Crippen LogP contribution is -2.01. The standard InChI is InChI=1S/C20H19N3O4/c1-3-14-5-9-16(10-6-14)26-19-18(23(24)25)20(22-13-21-19)27-17-11-7-15(4-2)8-12-17/h5-13H,3-4H2,1-2H3. The summed E-state index contributed by atoms with van der Waals surface area (Å²) in [6.07, 6.45) is 2.96. The van der Waals surface area contributed by atoms with Gasteiger partial charge in [-0.25, -0.2) is 0 Å². The van der Waals surface area contributed by atoms with Crippen molar-refractivity contribution in [3.05, 3.63) is 76.1 Å². The molecule has 0 unspecified atom stereocenters. The molecule has 7 heteroatoms. The molecule has 1 heterocycles. The van der Waals surface area contributed by atoms with E-state index in [1.165, 1.54) is 6.33 Å². The Morgan fingerprint density at radius 3 is 1.56 bits per heavy atom. The van der Waals surface area contributed by atoms with Crippen LogP contribution in [0, 0.1) is 10.1 Å². The van der Waals surface area contributed by atoms with E-state index in [1.54, 1.807) is 24.3 Å². The maximum Gasteiger partial charge on any atom is 0.393 e. The summed E-state index contributed by atoms with van der Waals surface area (Å²) in [7, 11) is 0. The van der Waals surface area contributed by atoms with Crippen LogP contribution in [0.4, 0.5) is 5.69 Å². The minimum atomic E-state index is -0.606. The quantitative estimate of drug-likeness (QED) is 0.428. The summed E-state index contributed by atoms with van der Waals surface area (Å²) >= 11 is 0. The monoisotopic (exact) mass is 365 g/mol. The maximum atomic E-state index is 11.6. The van der Waals surface area contributed by atoms with Gasteiger partial charge in [0.2, 0.25) is 0 Å². The molecule has 0 N–H and O–H groups in total. The van der Waals surface area contributed by atoms with E-state index in [1.807, 2.05) is 38.1 Å². The summed E-state index contributed by atoms with van der Waals surface area (Å²) in [5.74, 6) is 0.568. The van der Waals surface area contributed by atoms with E-state index >= 15 is 0 Å². The highest BCUT2D eigenvalue weighted by Gasteiger charge is 2.27. The minimum Gasteiger partial charge on any atom is -0.433 e. The fourth-order valence-corrected chi connectivity index (χ4v) is 2.46. The molecule has 3 rings (SSSR count). The summed E-state index contributed by atoms with van der Waals surface area (Å²) in [4.78, 5) is 18.8. The molecule has 0 radical (unpaired) electrons. The van der Waals surface area contributed by atoms with Crippen LogP contribution in [0.3, 0.4) is 0 Å². The molecule has 1 aromatic heterocycles. The van der Waals surface area contributed by atoms with Gasteiger partial charge >= 0.3 is 17.4 Å². The van der Waals surface area contributed by atoms with Gasteiger partial charge in [-0.1, -0.05) is 38.1 Å². The van der Waals surface area contributed by atoms with Crippen LogP contribution in [0.2, 0.25) is 0 Å². The van der Waals surface area contributed by atoms with Crippen molar-refractivity contribution < 1.29 is 14.4 Å². The Bertz CT molecular complexity index is 857. The molecule has 0 saturated heterocycles.